The van der Waals surface area contributed by atoms with Crippen LogP contribution in [0.25, 0.3) is 11.4 Å². The summed E-state index contributed by atoms with van der Waals surface area (Å²) in [6, 6.07) is 8.38. The van der Waals surface area contributed by atoms with Crippen molar-refractivity contribution in [1.29, 1.82) is 0 Å². The number of aryl methyl sites for hydroxylation is 1. The molecular weight excluding hydrogens is 378 g/mol. The van der Waals surface area contributed by atoms with Crippen molar-refractivity contribution in [3.8, 4) is 11.4 Å². The Hall–Kier alpha value is -2.19. The lowest BCUT2D eigenvalue weighted by Gasteiger charge is -2.19. The number of nitrogens with zero attached hydrogens (tertiary/aromatic N) is 4. The molecule has 1 N–H and O–H groups in total. The lowest BCUT2D eigenvalue weighted by atomic mass is 9.87. The largest absolute Gasteiger partial charge is 0.305 e. The Bertz CT molecular complexity index is 938. The van der Waals surface area contributed by atoms with Gasteiger partial charge < -0.3 is 9.88 Å². The molecule has 142 valence electrons. The second-order valence-corrected chi connectivity index (χ2v) is 9.12. The van der Waals surface area contributed by atoms with E-state index in [0.29, 0.717) is 10.3 Å². The van der Waals surface area contributed by atoms with Gasteiger partial charge in [-0.1, -0.05) is 56.8 Å². The fourth-order valence-electron chi connectivity index (χ4n) is 2.51. The van der Waals surface area contributed by atoms with E-state index in [2.05, 4.69) is 65.5 Å². The van der Waals surface area contributed by atoms with E-state index in [4.69, 9.17) is 0 Å². The summed E-state index contributed by atoms with van der Waals surface area (Å²) in [4.78, 5) is 16.3. The SMILES string of the molecule is Cc1csc(NC(=O)CSc2nnc(-c3ccc(C(C)(C)C)cc3)n2C)n1. The molecule has 2 heterocycles. The molecule has 0 saturated heterocycles. The molecule has 0 aliphatic heterocycles. The number of hydrogen-bond acceptors (Lipinski definition) is 6. The molecule has 0 unspecified atom stereocenters. The van der Waals surface area contributed by atoms with E-state index in [1.807, 2.05) is 23.9 Å². The predicted molar refractivity (Wildman–Crippen MR) is 111 cm³/mol. The van der Waals surface area contributed by atoms with Crippen molar-refractivity contribution in [2.24, 2.45) is 7.05 Å². The van der Waals surface area contributed by atoms with Crippen LogP contribution in [0.1, 0.15) is 32.0 Å². The number of amides is 1. The molecule has 0 spiro atoms. The van der Waals surface area contributed by atoms with E-state index in [9.17, 15) is 4.79 Å². The number of thiazole rings is 1. The highest BCUT2D eigenvalue weighted by Crippen LogP contribution is 2.27. The van der Waals surface area contributed by atoms with Crippen molar-refractivity contribution >= 4 is 34.1 Å². The summed E-state index contributed by atoms with van der Waals surface area (Å²) in [6.07, 6.45) is 0. The highest BCUT2D eigenvalue weighted by Gasteiger charge is 2.16. The summed E-state index contributed by atoms with van der Waals surface area (Å²) in [5.41, 5.74) is 3.30. The van der Waals surface area contributed by atoms with Gasteiger partial charge in [0.15, 0.2) is 16.1 Å². The molecule has 0 saturated carbocycles. The van der Waals surface area contributed by atoms with E-state index < -0.39 is 0 Å². The van der Waals surface area contributed by atoms with Crippen molar-refractivity contribution in [1.82, 2.24) is 19.7 Å². The molecule has 0 radical (unpaired) electrons. The van der Waals surface area contributed by atoms with Gasteiger partial charge in [-0.3, -0.25) is 4.79 Å². The van der Waals surface area contributed by atoms with Crippen LogP contribution >= 0.6 is 23.1 Å². The number of aromatic nitrogens is 4. The number of anilines is 1. The second-order valence-electron chi connectivity index (χ2n) is 7.32. The first-order valence-electron chi connectivity index (χ1n) is 8.59. The quantitative estimate of drug-likeness (QED) is 0.646. The molecular formula is C19H23N5OS2. The molecule has 3 aromatic rings. The molecule has 0 bridgehead atoms. The van der Waals surface area contributed by atoms with Gasteiger partial charge in [0.05, 0.1) is 11.4 Å². The molecule has 0 atom stereocenters. The van der Waals surface area contributed by atoms with Crippen molar-refractivity contribution in [3.63, 3.8) is 0 Å². The van der Waals surface area contributed by atoms with Gasteiger partial charge >= 0.3 is 0 Å². The lowest BCUT2D eigenvalue weighted by molar-refractivity contribution is -0.113. The van der Waals surface area contributed by atoms with Crippen LogP contribution < -0.4 is 5.32 Å². The standard InChI is InChI=1S/C19H23N5OS2/c1-12-10-26-17(20-12)21-15(25)11-27-18-23-22-16(24(18)5)13-6-8-14(9-7-13)19(2,3)4/h6-10H,11H2,1-5H3,(H,20,21,25). The van der Waals surface area contributed by atoms with Gasteiger partial charge in [0.1, 0.15) is 0 Å². The Morgan fingerprint density at radius 1 is 1.22 bits per heavy atom. The fraction of sp³-hybridized carbons (Fsp3) is 0.368. The van der Waals surface area contributed by atoms with E-state index in [1.165, 1.54) is 28.7 Å². The monoisotopic (exact) mass is 401 g/mol. The first-order chi connectivity index (χ1) is 12.7. The molecule has 2 aromatic heterocycles. The number of hydrogen-bond donors (Lipinski definition) is 1. The summed E-state index contributed by atoms with van der Waals surface area (Å²) >= 11 is 2.78. The zero-order valence-corrected chi connectivity index (χ0v) is 17.7. The number of rotatable bonds is 5. The number of carbonyl (C=O) groups excluding carboxylic acids is 1. The minimum absolute atomic E-state index is 0.103. The molecule has 6 nitrogen and oxygen atoms in total. The average molecular weight is 402 g/mol. The van der Waals surface area contributed by atoms with Gasteiger partial charge in [-0.2, -0.15) is 0 Å². The summed E-state index contributed by atoms with van der Waals surface area (Å²) < 4.78 is 1.91. The maximum absolute atomic E-state index is 12.1. The van der Waals surface area contributed by atoms with Crippen LogP contribution in [0.2, 0.25) is 0 Å². The third-order valence-electron chi connectivity index (χ3n) is 4.04. The Balaban J connectivity index is 1.65. The van der Waals surface area contributed by atoms with Crippen LogP contribution in [0.5, 0.6) is 0 Å². The summed E-state index contributed by atoms with van der Waals surface area (Å²) in [7, 11) is 1.91. The summed E-state index contributed by atoms with van der Waals surface area (Å²) in [5.74, 6) is 0.940. The lowest BCUT2D eigenvalue weighted by Crippen LogP contribution is -2.14. The Morgan fingerprint density at radius 3 is 2.52 bits per heavy atom. The molecule has 0 aliphatic carbocycles. The minimum Gasteiger partial charge on any atom is -0.305 e. The Labute approximate surface area is 167 Å². The zero-order chi connectivity index (χ0) is 19.6. The highest BCUT2D eigenvalue weighted by atomic mass is 32.2. The van der Waals surface area contributed by atoms with Crippen LogP contribution in [-0.4, -0.2) is 31.4 Å². The van der Waals surface area contributed by atoms with Crippen LogP contribution in [-0.2, 0) is 17.3 Å². The topological polar surface area (TPSA) is 72.7 Å². The normalized spacial score (nSPS) is 11.6. The van der Waals surface area contributed by atoms with Gasteiger partial charge in [-0.25, -0.2) is 4.98 Å². The Morgan fingerprint density at radius 2 is 1.93 bits per heavy atom. The molecule has 27 heavy (non-hydrogen) atoms. The number of benzene rings is 1. The number of carbonyl (C=O) groups is 1. The first-order valence-corrected chi connectivity index (χ1v) is 10.5. The predicted octanol–water partition coefficient (Wildman–Crippen LogP) is 4.28. The maximum Gasteiger partial charge on any atom is 0.236 e. The molecule has 3 rings (SSSR count). The van der Waals surface area contributed by atoms with Crippen molar-refractivity contribution in [3.05, 3.63) is 40.9 Å². The molecule has 1 amide bonds. The second kappa shape index (κ2) is 7.82. The molecule has 0 fully saturated rings. The van der Waals surface area contributed by atoms with Gasteiger partial charge in [0.2, 0.25) is 5.91 Å². The first kappa shape index (κ1) is 19.6. The Kier molecular flexibility index (Phi) is 5.67. The minimum atomic E-state index is -0.103. The van der Waals surface area contributed by atoms with E-state index in [1.54, 1.807) is 0 Å². The molecule has 0 aliphatic rings. The fourth-order valence-corrected chi connectivity index (χ4v) is 3.92. The van der Waals surface area contributed by atoms with Crippen LogP contribution in [0.15, 0.2) is 34.8 Å². The van der Waals surface area contributed by atoms with Gasteiger partial charge in [-0.05, 0) is 17.9 Å². The number of thioether (sulfide) groups is 1. The summed E-state index contributed by atoms with van der Waals surface area (Å²) in [6.45, 7) is 8.47. The van der Waals surface area contributed by atoms with Gasteiger partial charge in [0, 0.05) is 18.0 Å². The maximum atomic E-state index is 12.1. The van der Waals surface area contributed by atoms with Crippen molar-refractivity contribution in [2.75, 3.05) is 11.1 Å². The van der Waals surface area contributed by atoms with Crippen molar-refractivity contribution < 1.29 is 4.79 Å². The van der Waals surface area contributed by atoms with E-state index >= 15 is 0 Å². The average Bonchev–Trinajstić information content (AvgIpc) is 3.18. The smallest absolute Gasteiger partial charge is 0.236 e. The number of nitrogens with one attached hydrogen (secondary N) is 1. The van der Waals surface area contributed by atoms with Crippen LogP contribution in [0.4, 0.5) is 5.13 Å². The van der Waals surface area contributed by atoms with Gasteiger partial charge in [0.25, 0.3) is 0 Å². The third-order valence-corrected chi connectivity index (χ3v) is 5.94. The van der Waals surface area contributed by atoms with Crippen LogP contribution in [0.3, 0.4) is 0 Å². The summed E-state index contributed by atoms with van der Waals surface area (Å²) in [5, 5.41) is 14.6. The van der Waals surface area contributed by atoms with Crippen molar-refractivity contribution in [2.45, 2.75) is 38.3 Å². The molecule has 1 aromatic carbocycles. The highest BCUT2D eigenvalue weighted by molar-refractivity contribution is 7.99. The zero-order valence-electron chi connectivity index (χ0n) is 16.1. The molecule has 8 heteroatoms. The van der Waals surface area contributed by atoms with Gasteiger partial charge in [-0.15, -0.1) is 21.5 Å². The van der Waals surface area contributed by atoms with E-state index in [0.717, 1.165) is 17.1 Å². The third kappa shape index (κ3) is 4.75. The van der Waals surface area contributed by atoms with Crippen LogP contribution in [0, 0.1) is 6.92 Å². The van der Waals surface area contributed by atoms with E-state index in [-0.39, 0.29) is 17.1 Å².